The second-order valence-corrected chi connectivity index (χ2v) is 4.37. The Balaban J connectivity index is 0.00000256. The molecule has 0 bridgehead atoms. The molecule has 0 unspecified atom stereocenters. The molecule has 0 saturated carbocycles. The second kappa shape index (κ2) is 10.5. The zero-order valence-corrected chi connectivity index (χ0v) is 15.8. The van der Waals surface area contributed by atoms with E-state index in [4.69, 9.17) is 0 Å². The third-order valence-corrected chi connectivity index (χ3v) is 3.00. The number of carbonyl (C=O) groups is 2. The molecule has 1 heterocycles. The smallest absolute Gasteiger partial charge is 0.488 e. The minimum Gasteiger partial charge on any atom is -0.488 e. The number of nitrogens with one attached hydrogen (secondary N) is 1. The van der Waals surface area contributed by atoms with Crippen LogP contribution >= 0.6 is 11.8 Å². The van der Waals surface area contributed by atoms with Gasteiger partial charge in [-0.2, -0.15) is 11.8 Å². The zero-order valence-electron chi connectivity index (χ0n) is 10.0. The van der Waals surface area contributed by atoms with Gasteiger partial charge in [0.15, 0.2) is 0 Å². The molecule has 0 aromatic carbocycles. The van der Waals surface area contributed by atoms with Crippen LogP contribution in [-0.4, -0.2) is 54.6 Å². The molecule has 1 aliphatic heterocycles. The fourth-order valence-electron chi connectivity index (χ4n) is 1.23. The van der Waals surface area contributed by atoms with E-state index < -0.39 is 5.97 Å². The quantitative estimate of drug-likeness (QED) is 0.264. The second-order valence-electron chi connectivity index (χ2n) is 3.14. The molecule has 0 aromatic heterocycles. The van der Waals surface area contributed by atoms with Gasteiger partial charge in [0.25, 0.3) is 0 Å². The number of hydrogen-bond acceptors (Lipinski definition) is 4. The molecule has 0 aliphatic carbocycles. The van der Waals surface area contributed by atoms with Crippen LogP contribution in [0, 0.1) is 6.08 Å². The van der Waals surface area contributed by atoms with Crippen molar-refractivity contribution in [1.82, 2.24) is 10.2 Å². The number of thioether (sulfide) groups is 1. The average molecular weight is 329 g/mol. The maximum absolute atomic E-state index is 11.5. The van der Waals surface area contributed by atoms with Gasteiger partial charge in [-0.05, 0) is 0 Å². The van der Waals surface area contributed by atoms with Crippen molar-refractivity contribution in [2.45, 2.75) is 0 Å². The van der Waals surface area contributed by atoms with Crippen LogP contribution in [0.3, 0.4) is 0 Å². The summed E-state index contributed by atoms with van der Waals surface area (Å²) in [5, 5.41) is 2.68. The molecule has 17 heavy (non-hydrogen) atoms. The van der Waals surface area contributed by atoms with E-state index in [9.17, 15) is 9.59 Å². The first-order chi connectivity index (χ1) is 7.74. The summed E-state index contributed by atoms with van der Waals surface area (Å²) in [7, 11) is 0. The van der Waals surface area contributed by atoms with Gasteiger partial charge in [0, 0.05) is 24.6 Å². The number of hydrogen-bond donors (Lipinski definition) is 1. The third-order valence-electron chi connectivity index (χ3n) is 2.05. The van der Waals surface area contributed by atoms with E-state index in [1.54, 1.807) is 4.90 Å². The van der Waals surface area contributed by atoms with Gasteiger partial charge in [0.2, 0.25) is 0 Å². The molecule has 7 heteroatoms. The van der Waals surface area contributed by atoms with Crippen LogP contribution in [0.15, 0.2) is 6.58 Å². The summed E-state index contributed by atoms with van der Waals surface area (Å²) >= 11 is 1.85. The van der Waals surface area contributed by atoms with Gasteiger partial charge >= 0.3 is 64.2 Å². The fraction of sp³-hybridized carbons (Fsp3) is 0.600. The van der Waals surface area contributed by atoms with Gasteiger partial charge in [0.1, 0.15) is 12.6 Å². The Labute approximate surface area is 154 Å². The third kappa shape index (κ3) is 7.61. The van der Waals surface area contributed by atoms with E-state index in [1.807, 2.05) is 11.8 Å². The topological polar surface area (TPSA) is 58.6 Å². The van der Waals surface area contributed by atoms with Crippen molar-refractivity contribution in [3.8, 4) is 0 Å². The molecule has 1 saturated heterocycles. The van der Waals surface area contributed by atoms with Gasteiger partial charge in [-0.3, -0.25) is 11.4 Å². The number of ether oxygens (including phenoxy) is 1. The minimum atomic E-state index is -0.594. The summed E-state index contributed by atoms with van der Waals surface area (Å²) in [5.41, 5.74) is 0. The normalized spacial score (nSPS) is 14.5. The Morgan fingerprint density at radius 1 is 1.41 bits per heavy atom. The predicted octanol–water partition coefficient (Wildman–Crippen LogP) is -2.72. The van der Waals surface area contributed by atoms with Crippen molar-refractivity contribution in [1.29, 1.82) is 0 Å². The summed E-state index contributed by atoms with van der Waals surface area (Å²) in [6.07, 6.45) is 2.08. The molecule has 1 aliphatic rings. The predicted molar refractivity (Wildman–Crippen MR) is 62.1 cm³/mol. The monoisotopic (exact) mass is 328 g/mol. The Bertz CT molecular complexity index is 270. The number of rotatable bonds is 4. The number of carbonyl (C=O) groups excluding carboxylic acids is 2. The first-order valence-corrected chi connectivity index (χ1v) is 6.20. The van der Waals surface area contributed by atoms with Gasteiger partial charge in [-0.15, -0.1) is 0 Å². The average Bonchev–Trinajstić information content (AvgIpc) is 2.35. The van der Waals surface area contributed by atoms with Gasteiger partial charge in [-0.1, -0.05) is 0 Å². The fourth-order valence-corrected chi connectivity index (χ4v) is 2.13. The van der Waals surface area contributed by atoms with Gasteiger partial charge in [0.05, 0.1) is 6.54 Å². The summed E-state index contributed by atoms with van der Waals surface area (Å²) in [5.74, 6) is 1.37. The number of nitrogens with zero attached hydrogens (tertiary/aromatic N) is 1. The summed E-state index contributed by atoms with van der Waals surface area (Å²) in [6.45, 7) is 5.16. The van der Waals surface area contributed by atoms with Crippen molar-refractivity contribution in [2.75, 3.05) is 37.7 Å². The maximum atomic E-state index is 11.5. The molecule has 0 spiro atoms. The van der Waals surface area contributed by atoms with Crippen LogP contribution in [-0.2, 0) is 9.53 Å². The Morgan fingerprint density at radius 2 is 2.06 bits per heavy atom. The van der Waals surface area contributed by atoms with Crippen molar-refractivity contribution in [2.24, 2.45) is 0 Å². The molecule has 1 fully saturated rings. The van der Waals surface area contributed by atoms with E-state index in [0.29, 0.717) is 6.54 Å². The van der Waals surface area contributed by atoms with Crippen LogP contribution in [0.25, 0.3) is 0 Å². The Kier molecular flexibility index (Phi) is 10.9. The van der Waals surface area contributed by atoms with Gasteiger partial charge < -0.3 is 21.0 Å². The van der Waals surface area contributed by atoms with Crippen LogP contribution in [0.2, 0.25) is 0 Å². The molecular weight excluding hydrogens is 314 g/mol. The Hall–Kier alpha value is 0.635. The first-order valence-electron chi connectivity index (χ1n) is 5.04. The molecule has 0 radical (unpaired) electrons. The summed E-state index contributed by atoms with van der Waals surface area (Å²) in [4.78, 5) is 23.9. The molecule has 1 rings (SSSR count). The van der Waals surface area contributed by atoms with Crippen molar-refractivity contribution >= 4 is 23.8 Å². The van der Waals surface area contributed by atoms with E-state index in [0.717, 1.165) is 24.6 Å². The molecular formula is C10H15N2O3RbS. The van der Waals surface area contributed by atoms with Crippen molar-refractivity contribution < 1.29 is 72.5 Å². The standard InChI is InChI=1S/C10H15N2O3S.Rb/c1-2-9(13)15-6-3-11-10(14)12-4-7-16-8-5-12;/h1,3-8H2,(H,11,14);/q-1;+1. The molecule has 90 valence electrons. The van der Waals surface area contributed by atoms with Crippen LogP contribution in [0.1, 0.15) is 0 Å². The van der Waals surface area contributed by atoms with Crippen LogP contribution in [0.4, 0.5) is 4.79 Å². The number of esters is 1. The van der Waals surface area contributed by atoms with Crippen LogP contribution in [0.5, 0.6) is 0 Å². The first kappa shape index (κ1) is 17.6. The molecule has 0 aromatic rings. The summed E-state index contributed by atoms with van der Waals surface area (Å²) in [6, 6.07) is -0.0982. The largest absolute Gasteiger partial charge is 1.00 e. The minimum absolute atomic E-state index is 0. The van der Waals surface area contributed by atoms with Crippen molar-refractivity contribution in [3.63, 3.8) is 0 Å². The van der Waals surface area contributed by atoms with Crippen LogP contribution < -0.4 is 63.5 Å². The number of urea groups is 1. The van der Waals surface area contributed by atoms with E-state index in [-0.39, 0.29) is 70.8 Å². The molecule has 5 nitrogen and oxygen atoms in total. The van der Waals surface area contributed by atoms with E-state index >= 15 is 0 Å². The van der Waals surface area contributed by atoms with E-state index in [1.165, 1.54) is 0 Å². The van der Waals surface area contributed by atoms with Crippen molar-refractivity contribution in [3.05, 3.63) is 12.7 Å². The molecule has 1 N–H and O–H groups in total. The molecule has 2 amide bonds. The molecule has 0 atom stereocenters. The zero-order chi connectivity index (χ0) is 11.8. The Morgan fingerprint density at radius 3 is 2.65 bits per heavy atom. The van der Waals surface area contributed by atoms with Gasteiger partial charge in [-0.25, -0.2) is 4.79 Å². The number of amides is 2. The maximum Gasteiger partial charge on any atom is 1.00 e. The SMILES string of the molecule is C=[C-]C(=O)OCCNC(=O)N1CCSCC1.[Rb+]. The summed E-state index contributed by atoms with van der Waals surface area (Å²) < 4.78 is 4.68. The van der Waals surface area contributed by atoms with E-state index in [2.05, 4.69) is 22.7 Å².